The van der Waals surface area contributed by atoms with Crippen LogP contribution in [0.25, 0.3) is 0 Å². The zero-order valence-electron chi connectivity index (χ0n) is 10.4. The molecule has 0 spiro atoms. The number of hydrogen-bond donors (Lipinski definition) is 5. The maximum absolute atomic E-state index is 9.77. The molecule has 0 aromatic rings. The topological polar surface area (TPSA) is 165 Å². The third-order valence-electron chi connectivity index (χ3n) is 2.25. The maximum atomic E-state index is 9.77. The second-order valence-electron chi connectivity index (χ2n) is 4.12. The van der Waals surface area contributed by atoms with E-state index in [2.05, 4.69) is 0 Å². The second kappa shape index (κ2) is 7.60. The highest BCUT2D eigenvalue weighted by Gasteiger charge is 2.29. The Kier molecular flexibility index (Phi) is 7.88. The molecule has 0 fully saturated rings. The summed E-state index contributed by atoms with van der Waals surface area (Å²) in [6.45, 7) is 5.60. The SMILES string of the molecule is CC(C)C(C)(N)C#N.O=C(O)C(O)C(O)C(=O)O. The minimum atomic E-state index is -2.27. The van der Waals surface area contributed by atoms with Crippen molar-refractivity contribution < 1.29 is 30.0 Å². The van der Waals surface area contributed by atoms with Crippen LogP contribution in [0, 0.1) is 17.2 Å². The molecule has 3 unspecified atom stereocenters. The molecule has 0 radical (unpaired) electrons. The van der Waals surface area contributed by atoms with Crippen LogP contribution in [0.4, 0.5) is 0 Å². The van der Waals surface area contributed by atoms with Gasteiger partial charge in [-0.2, -0.15) is 5.26 Å². The first-order valence-electron chi connectivity index (χ1n) is 4.99. The minimum Gasteiger partial charge on any atom is -0.479 e. The summed E-state index contributed by atoms with van der Waals surface area (Å²) < 4.78 is 0. The molecule has 0 aromatic carbocycles. The van der Waals surface area contributed by atoms with Gasteiger partial charge in [0.05, 0.1) is 6.07 Å². The van der Waals surface area contributed by atoms with Crippen LogP contribution < -0.4 is 5.73 Å². The van der Waals surface area contributed by atoms with Crippen molar-refractivity contribution in [1.82, 2.24) is 0 Å². The maximum Gasteiger partial charge on any atom is 0.335 e. The quantitative estimate of drug-likeness (QED) is 0.419. The van der Waals surface area contributed by atoms with Crippen LogP contribution in [0.15, 0.2) is 0 Å². The molecule has 0 aliphatic carbocycles. The summed E-state index contributed by atoms with van der Waals surface area (Å²) in [5.41, 5.74) is 4.84. The molecule has 0 aromatic heterocycles. The number of aliphatic hydroxyl groups is 2. The lowest BCUT2D eigenvalue weighted by Crippen LogP contribution is -2.39. The molecule has 18 heavy (non-hydrogen) atoms. The average molecular weight is 262 g/mol. The fraction of sp³-hybridized carbons (Fsp3) is 0.700. The molecule has 6 N–H and O–H groups in total. The first-order valence-corrected chi connectivity index (χ1v) is 4.99. The molecule has 0 amide bonds. The van der Waals surface area contributed by atoms with Crippen molar-refractivity contribution in [2.24, 2.45) is 11.7 Å². The molecule has 0 heterocycles. The lowest BCUT2D eigenvalue weighted by molar-refractivity contribution is -0.165. The van der Waals surface area contributed by atoms with Gasteiger partial charge >= 0.3 is 11.9 Å². The molecular formula is C10H18N2O6. The van der Waals surface area contributed by atoms with Crippen molar-refractivity contribution in [3.05, 3.63) is 0 Å². The van der Waals surface area contributed by atoms with Crippen molar-refractivity contribution >= 4 is 11.9 Å². The van der Waals surface area contributed by atoms with E-state index in [0.717, 1.165) is 0 Å². The Labute approximate surface area is 104 Å². The number of nitrogens with zero attached hydrogens (tertiary/aromatic N) is 1. The second-order valence-corrected chi connectivity index (χ2v) is 4.12. The van der Waals surface area contributed by atoms with Gasteiger partial charge in [0.15, 0.2) is 12.2 Å². The van der Waals surface area contributed by atoms with Crippen LogP contribution in [0.2, 0.25) is 0 Å². The summed E-state index contributed by atoms with van der Waals surface area (Å²) in [6.07, 6.45) is -4.53. The highest BCUT2D eigenvalue weighted by atomic mass is 16.4. The number of aliphatic hydroxyl groups excluding tert-OH is 2. The molecule has 0 aliphatic heterocycles. The molecule has 3 atom stereocenters. The fourth-order valence-corrected chi connectivity index (χ4v) is 0.399. The summed E-state index contributed by atoms with van der Waals surface area (Å²) in [5, 5.41) is 40.9. The van der Waals surface area contributed by atoms with Gasteiger partial charge in [0, 0.05) is 0 Å². The van der Waals surface area contributed by atoms with Crippen molar-refractivity contribution in [1.29, 1.82) is 5.26 Å². The van der Waals surface area contributed by atoms with E-state index in [9.17, 15) is 9.59 Å². The minimum absolute atomic E-state index is 0.229. The Morgan fingerprint density at radius 3 is 1.50 bits per heavy atom. The van der Waals surface area contributed by atoms with E-state index in [0.29, 0.717) is 0 Å². The molecule has 8 heteroatoms. The number of carboxylic acids is 2. The molecule has 8 nitrogen and oxygen atoms in total. The third-order valence-corrected chi connectivity index (χ3v) is 2.25. The largest absolute Gasteiger partial charge is 0.479 e. The van der Waals surface area contributed by atoms with E-state index in [4.69, 9.17) is 31.4 Å². The van der Waals surface area contributed by atoms with Crippen LogP contribution in [-0.4, -0.2) is 50.1 Å². The molecule has 0 aliphatic rings. The normalized spacial score (nSPS) is 16.6. The van der Waals surface area contributed by atoms with Crippen molar-refractivity contribution in [3.8, 4) is 6.07 Å². The first-order chi connectivity index (χ1) is 7.97. The zero-order valence-corrected chi connectivity index (χ0v) is 10.4. The number of hydrogen-bond acceptors (Lipinski definition) is 6. The van der Waals surface area contributed by atoms with Crippen LogP contribution in [-0.2, 0) is 9.59 Å². The number of carboxylic acid groups (broad SMARTS) is 2. The summed E-state index contributed by atoms with van der Waals surface area (Å²) in [6, 6.07) is 2.02. The van der Waals surface area contributed by atoms with E-state index in [-0.39, 0.29) is 5.92 Å². The number of carbonyl (C=O) groups is 2. The lowest BCUT2D eigenvalue weighted by atomic mass is 9.92. The molecule has 0 saturated carbocycles. The van der Waals surface area contributed by atoms with Gasteiger partial charge in [0.1, 0.15) is 5.54 Å². The Balaban J connectivity index is 0. The molecule has 0 bridgehead atoms. The Morgan fingerprint density at radius 1 is 1.17 bits per heavy atom. The van der Waals surface area contributed by atoms with Crippen molar-refractivity contribution in [3.63, 3.8) is 0 Å². The van der Waals surface area contributed by atoms with Crippen LogP contribution >= 0.6 is 0 Å². The van der Waals surface area contributed by atoms with Gasteiger partial charge in [-0.3, -0.25) is 0 Å². The monoisotopic (exact) mass is 262 g/mol. The summed E-state index contributed by atoms with van der Waals surface area (Å²) in [4.78, 5) is 19.5. The zero-order chi connectivity index (χ0) is 15.1. The predicted molar refractivity (Wildman–Crippen MR) is 60.3 cm³/mol. The standard InChI is InChI=1S/C6H12N2.C4H6O6/c1-5(2)6(3,8)4-7;5-1(3(7)8)2(6)4(9)10/h5H,8H2,1-3H3;1-2,5-6H,(H,7,8)(H,9,10). The van der Waals surface area contributed by atoms with Crippen molar-refractivity contribution in [2.75, 3.05) is 0 Å². The van der Waals surface area contributed by atoms with Gasteiger partial charge in [-0.1, -0.05) is 13.8 Å². The number of nitriles is 1. The Morgan fingerprint density at radius 2 is 1.44 bits per heavy atom. The molecular weight excluding hydrogens is 244 g/mol. The smallest absolute Gasteiger partial charge is 0.335 e. The van der Waals surface area contributed by atoms with Gasteiger partial charge in [-0.05, 0) is 12.8 Å². The Bertz CT molecular complexity index is 316. The Hall–Kier alpha value is -1.69. The summed E-state index contributed by atoms with van der Waals surface area (Å²) in [5.74, 6) is -3.31. The highest BCUT2D eigenvalue weighted by molar-refractivity contribution is 5.83. The predicted octanol–water partition coefficient (Wildman–Crippen LogP) is -1.24. The van der Waals surface area contributed by atoms with Crippen molar-refractivity contribution in [2.45, 2.75) is 38.5 Å². The fourth-order valence-electron chi connectivity index (χ4n) is 0.399. The number of aliphatic carboxylic acids is 2. The van der Waals surface area contributed by atoms with E-state index in [1.165, 1.54) is 0 Å². The average Bonchev–Trinajstić information content (AvgIpc) is 2.27. The van der Waals surface area contributed by atoms with Gasteiger partial charge in [0.2, 0.25) is 0 Å². The van der Waals surface area contributed by atoms with Crippen LogP contribution in [0.1, 0.15) is 20.8 Å². The summed E-state index contributed by atoms with van der Waals surface area (Å²) in [7, 11) is 0. The van der Waals surface area contributed by atoms with E-state index < -0.39 is 29.7 Å². The lowest BCUT2D eigenvalue weighted by Gasteiger charge is -2.18. The number of rotatable bonds is 4. The third kappa shape index (κ3) is 6.80. The highest BCUT2D eigenvalue weighted by Crippen LogP contribution is 2.09. The first kappa shape index (κ1) is 18.7. The van der Waals surface area contributed by atoms with Gasteiger partial charge < -0.3 is 26.2 Å². The van der Waals surface area contributed by atoms with Gasteiger partial charge in [-0.15, -0.1) is 0 Å². The van der Waals surface area contributed by atoms with Crippen LogP contribution in [0.3, 0.4) is 0 Å². The van der Waals surface area contributed by atoms with Gasteiger partial charge in [0.25, 0.3) is 0 Å². The van der Waals surface area contributed by atoms with Gasteiger partial charge in [-0.25, -0.2) is 9.59 Å². The van der Waals surface area contributed by atoms with E-state index >= 15 is 0 Å². The van der Waals surface area contributed by atoms with Crippen LogP contribution in [0.5, 0.6) is 0 Å². The molecule has 0 rings (SSSR count). The number of nitrogens with two attached hydrogens (primary N) is 1. The summed E-state index contributed by atoms with van der Waals surface area (Å²) >= 11 is 0. The van der Waals surface area contributed by atoms with E-state index in [1.807, 2.05) is 19.9 Å². The molecule has 0 saturated heterocycles. The van der Waals surface area contributed by atoms with E-state index in [1.54, 1.807) is 6.92 Å². The molecule has 104 valence electrons.